The van der Waals surface area contributed by atoms with Gasteiger partial charge >= 0.3 is 0 Å². The van der Waals surface area contributed by atoms with Gasteiger partial charge in [-0.3, -0.25) is 0 Å². The first-order valence-corrected chi connectivity index (χ1v) is 8.02. The van der Waals surface area contributed by atoms with E-state index in [1.807, 2.05) is 42.5 Å². The van der Waals surface area contributed by atoms with Crippen LogP contribution >= 0.6 is 15.9 Å². The highest BCUT2D eigenvalue weighted by molar-refractivity contribution is 9.10. The van der Waals surface area contributed by atoms with E-state index >= 15 is 0 Å². The lowest BCUT2D eigenvalue weighted by atomic mass is 10.1. The Morgan fingerprint density at radius 2 is 1.87 bits per heavy atom. The molecule has 3 rings (SSSR count). The van der Waals surface area contributed by atoms with Crippen LogP contribution in [-0.4, -0.2) is 0 Å². The molecule has 0 aliphatic rings. The Balaban J connectivity index is 1.80. The molecule has 0 atom stereocenters. The zero-order valence-electron chi connectivity index (χ0n) is 12.4. The van der Waals surface area contributed by atoms with Gasteiger partial charge in [0.25, 0.3) is 0 Å². The quantitative estimate of drug-likeness (QED) is 0.555. The molecule has 0 amide bonds. The van der Waals surface area contributed by atoms with Crippen LogP contribution in [0, 0.1) is 11.3 Å². The van der Waals surface area contributed by atoms with Crippen LogP contribution in [0.25, 0.3) is 16.8 Å². The third-order valence-electron chi connectivity index (χ3n) is 3.57. The second kappa shape index (κ2) is 7.13. The Hall–Kier alpha value is -2.57. The van der Waals surface area contributed by atoms with Crippen molar-refractivity contribution in [3.8, 4) is 11.8 Å². The summed E-state index contributed by atoms with van der Waals surface area (Å²) in [4.78, 5) is 0. The summed E-state index contributed by atoms with van der Waals surface area (Å²) < 4.78 is 6.83. The summed E-state index contributed by atoms with van der Waals surface area (Å²) in [5.41, 5.74) is 2.11. The maximum Gasteiger partial charge on any atom is 0.134 e. The Bertz CT molecular complexity index is 904. The van der Waals surface area contributed by atoms with E-state index in [1.54, 1.807) is 6.08 Å². The summed E-state index contributed by atoms with van der Waals surface area (Å²) in [5.74, 6) is 0.784. The first-order valence-electron chi connectivity index (χ1n) is 7.23. The van der Waals surface area contributed by atoms with Crippen molar-refractivity contribution in [1.82, 2.24) is 0 Å². The lowest BCUT2D eigenvalue weighted by Crippen LogP contribution is -1.97. The second-order valence-electron chi connectivity index (χ2n) is 5.08. The van der Waals surface area contributed by atoms with E-state index in [4.69, 9.17) is 10.00 Å². The fourth-order valence-corrected chi connectivity index (χ4v) is 2.96. The van der Waals surface area contributed by atoms with Gasteiger partial charge in [-0.25, -0.2) is 0 Å². The van der Waals surface area contributed by atoms with E-state index in [0.29, 0.717) is 6.61 Å². The van der Waals surface area contributed by atoms with Gasteiger partial charge in [0.2, 0.25) is 0 Å². The molecule has 0 fully saturated rings. The van der Waals surface area contributed by atoms with E-state index in [2.05, 4.69) is 40.2 Å². The normalized spacial score (nSPS) is 10.8. The van der Waals surface area contributed by atoms with Crippen molar-refractivity contribution in [2.45, 2.75) is 6.61 Å². The average molecular weight is 364 g/mol. The fourth-order valence-electron chi connectivity index (χ4n) is 2.45. The summed E-state index contributed by atoms with van der Waals surface area (Å²) in [7, 11) is 0. The van der Waals surface area contributed by atoms with Gasteiger partial charge in [-0.05, 0) is 56.0 Å². The number of halogens is 1. The number of nitriles is 1. The molecule has 112 valence electrons. The molecule has 0 unspecified atom stereocenters. The zero-order chi connectivity index (χ0) is 16.1. The summed E-state index contributed by atoms with van der Waals surface area (Å²) >= 11 is 3.52. The van der Waals surface area contributed by atoms with Crippen molar-refractivity contribution in [1.29, 1.82) is 5.26 Å². The monoisotopic (exact) mass is 363 g/mol. The minimum Gasteiger partial charge on any atom is -0.488 e. The van der Waals surface area contributed by atoms with Crippen molar-refractivity contribution in [2.24, 2.45) is 0 Å². The summed E-state index contributed by atoms with van der Waals surface area (Å²) in [5, 5.41) is 11.0. The molecule has 0 aromatic heterocycles. The topological polar surface area (TPSA) is 33.0 Å². The number of rotatable bonds is 4. The average Bonchev–Trinajstić information content (AvgIpc) is 2.59. The molecule has 0 saturated heterocycles. The molecule has 0 saturated carbocycles. The molecular formula is C20H14BrNO. The van der Waals surface area contributed by atoms with Crippen LogP contribution in [0.1, 0.15) is 11.1 Å². The first kappa shape index (κ1) is 15.3. The molecule has 0 radical (unpaired) electrons. The van der Waals surface area contributed by atoms with Crippen LogP contribution in [0.4, 0.5) is 0 Å². The number of nitrogens with zero attached hydrogens (tertiary/aromatic N) is 1. The van der Waals surface area contributed by atoms with Crippen molar-refractivity contribution >= 4 is 32.8 Å². The minimum atomic E-state index is 0.507. The SMILES string of the molecule is N#CC=Cc1ccc(OCc2cccc3ccccc23)c(Br)c1. The van der Waals surface area contributed by atoms with Crippen molar-refractivity contribution in [3.63, 3.8) is 0 Å². The number of benzene rings is 3. The fraction of sp³-hybridized carbons (Fsp3) is 0.0500. The van der Waals surface area contributed by atoms with E-state index in [0.717, 1.165) is 21.3 Å². The molecule has 2 nitrogen and oxygen atoms in total. The Morgan fingerprint density at radius 1 is 1.04 bits per heavy atom. The predicted octanol–water partition coefficient (Wildman–Crippen LogP) is 5.72. The molecule has 0 N–H and O–H groups in total. The van der Waals surface area contributed by atoms with Gasteiger partial charge in [-0.1, -0.05) is 48.5 Å². The Labute approximate surface area is 143 Å². The van der Waals surface area contributed by atoms with Gasteiger partial charge in [0, 0.05) is 6.08 Å². The summed E-state index contributed by atoms with van der Waals surface area (Å²) in [6.07, 6.45) is 3.22. The number of ether oxygens (including phenoxy) is 1. The molecule has 3 aromatic carbocycles. The van der Waals surface area contributed by atoms with Crippen LogP contribution in [0.3, 0.4) is 0 Å². The van der Waals surface area contributed by atoms with Crippen LogP contribution in [0.15, 0.2) is 71.2 Å². The molecule has 23 heavy (non-hydrogen) atoms. The second-order valence-corrected chi connectivity index (χ2v) is 5.93. The maximum atomic E-state index is 8.58. The van der Waals surface area contributed by atoms with Gasteiger partial charge in [0.1, 0.15) is 12.4 Å². The molecule has 0 aliphatic heterocycles. The molecule has 0 aliphatic carbocycles. The molecule has 0 bridgehead atoms. The van der Waals surface area contributed by atoms with Crippen molar-refractivity contribution < 1.29 is 4.74 Å². The smallest absolute Gasteiger partial charge is 0.134 e. The van der Waals surface area contributed by atoms with Gasteiger partial charge in [0.15, 0.2) is 0 Å². The highest BCUT2D eigenvalue weighted by Crippen LogP contribution is 2.28. The number of hydrogen-bond acceptors (Lipinski definition) is 2. The van der Waals surface area contributed by atoms with Crippen LogP contribution in [0.2, 0.25) is 0 Å². The van der Waals surface area contributed by atoms with Gasteiger partial charge in [-0.15, -0.1) is 0 Å². The molecule has 3 aromatic rings. The molecular weight excluding hydrogens is 350 g/mol. The van der Waals surface area contributed by atoms with E-state index < -0.39 is 0 Å². The highest BCUT2D eigenvalue weighted by Gasteiger charge is 2.05. The first-order chi connectivity index (χ1) is 11.3. The Kier molecular flexibility index (Phi) is 4.75. The van der Waals surface area contributed by atoms with Gasteiger partial charge < -0.3 is 4.74 Å². The van der Waals surface area contributed by atoms with E-state index in [1.165, 1.54) is 16.8 Å². The maximum absolute atomic E-state index is 8.58. The lowest BCUT2D eigenvalue weighted by Gasteiger charge is -2.11. The Morgan fingerprint density at radius 3 is 2.70 bits per heavy atom. The van der Waals surface area contributed by atoms with Gasteiger partial charge in [0.05, 0.1) is 10.5 Å². The van der Waals surface area contributed by atoms with E-state index in [9.17, 15) is 0 Å². The summed E-state index contributed by atoms with van der Waals surface area (Å²) in [6.45, 7) is 0.507. The van der Waals surface area contributed by atoms with Crippen LogP contribution in [-0.2, 0) is 6.61 Å². The number of hydrogen-bond donors (Lipinski definition) is 0. The minimum absolute atomic E-state index is 0.507. The van der Waals surface area contributed by atoms with E-state index in [-0.39, 0.29) is 0 Å². The standard InChI is InChI=1S/C20H14BrNO/c21-19-13-15(5-4-12-22)10-11-20(19)23-14-17-8-3-7-16-6-1-2-9-18(16)17/h1-11,13H,14H2. The zero-order valence-corrected chi connectivity index (χ0v) is 14.0. The van der Waals surface area contributed by atoms with Crippen molar-refractivity contribution in [2.75, 3.05) is 0 Å². The highest BCUT2D eigenvalue weighted by atomic mass is 79.9. The molecule has 0 spiro atoms. The van der Waals surface area contributed by atoms with Crippen molar-refractivity contribution in [3.05, 3.63) is 82.3 Å². The lowest BCUT2D eigenvalue weighted by molar-refractivity contribution is 0.305. The van der Waals surface area contributed by atoms with Gasteiger partial charge in [-0.2, -0.15) is 5.26 Å². The number of allylic oxidation sites excluding steroid dienone is 1. The van der Waals surface area contributed by atoms with Crippen LogP contribution in [0.5, 0.6) is 5.75 Å². The third-order valence-corrected chi connectivity index (χ3v) is 4.19. The molecule has 3 heteroatoms. The summed E-state index contributed by atoms with van der Waals surface area (Å²) in [6, 6.07) is 22.3. The largest absolute Gasteiger partial charge is 0.488 e. The number of fused-ring (bicyclic) bond motifs is 1. The molecule has 0 heterocycles. The third kappa shape index (κ3) is 3.61. The van der Waals surface area contributed by atoms with Crippen LogP contribution < -0.4 is 4.74 Å². The predicted molar refractivity (Wildman–Crippen MR) is 97.1 cm³/mol.